The molecule has 3 amide bonds. The highest BCUT2D eigenvalue weighted by atomic mass is 16.2. The van der Waals surface area contributed by atoms with Crippen LogP contribution in [0.5, 0.6) is 0 Å². The highest BCUT2D eigenvalue weighted by Crippen LogP contribution is 2.32. The van der Waals surface area contributed by atoms with Crippen LogP contribution in [0.25, 0.3) is 5.69 Å². The monoisotopic (exact) mass is 442 g/mol. The number of benzene rings is 2. The van der Waals surface area contributed by atoms with Crippen LogP contribution in [0, 0.1) is 0 Å². The standard InChI is InChI=1S/C25H26N6O2/c1-18(12-13-19-8-4-2-5-9-19)28-22(32)17-30-24-21(23-26-14-15-29(23)25(30)33)16-27-31(24)20-10-6-3-7-11-20/h2-11,16,18H,12-15,17H2,1H3,(H,28,32)/t18-/m0/s1. The predicted molar refractivity (Wildman–Crippen MR) is 127 cm³/mol. The van der Waals surface area contributed by atoms with Gasteiger partial charge in [0.1, 0.15) is 12.4 Å². The first kappa shape index (κ1) is 20.9. The van der Waals surface area contributed by atoms with E-state index in [0.717, 1.165) is 24.1 Å². The zero-order valence-corrected chi connectivity index (χ0v) is 18.5. The summed E-state index contributed by atoms with van der Waals surface area (Å²) >= 11 is 0. The maximum Gasteiger partial charge on any atom is 0.331 e. The number of aryl methyl sites for hydroxylation is 1. The van der Waals surface area contributed by atoms with E-state index in [1.54, 1.807) is 15.8 Å². The summed E-state index contributed by atoms with van der Waals surface area (Å²) in [6.07, 6.45) is 3.42. The van der Waals surface area contributed by atoms with Crippen LogP contribution >= 0.6 is 0 Å². The molecule has 0 aliphatic carbocycles. The molecule has 0 unspecified atom stereocenters. The van der Waals surface area contributed by atoms with E-state index >= 15 is 0 Å². The average molecular weight is 443 g/mol. The van der Waals surface area contributed by atoms with Crippen molar-refractivity contribution in [2.75, 3.05) is 24.5 Å². The first-order valence-corrected chi connectivity index (χ1v) is 11.2. The summed E-state index contributed by atoms with van der Waals surface area (Å²) in [5.41, 5.74) is 2.82. The minimum atomic E-state index is -0.247. The molecule has 0 saturated carbocycles. The van der Waals surface area contributed by atoms with Crippen LogP contribution < -0.4 is 10.2 Å². The Kier molecular flexibility index (Phi) is 5.64. The molecule has 2 aromatic carbocycles. The molecule has 33 heavy (non-hydrogen) atoms. The van der Waals surface area contributed by atoms with Crippen LogP contribution in [-0.4, -0.2) is 58.1 Å². The highest BCUT2D eigenvalue weighted by Gasteiger charge is 2.41. The summed E-state index contributed by atoms with van der Waals surface area (Å²) in [5, 5.41) is 7.58. The van der Waals surface area contributed by atoms with E-state index in [4.69, 9.17) is 0 Å². The lowest BCUT2D eigenvalue weighted by Gasteiger charge is -2.33. The molecule has 1 N–H and O–H groups in total. The minimum absolute atomic E-state index is 0.0139. The fourth-order valence-electron chi connectivity index (χ4n) is 4.32. The molecule has 8 heteroatoms. The van der Waals surface area contributed by atoms with Crippen molar-refractivity contribution in [1.82, 2.24) is 20.0 Å². The first-order valence-electron chi connectivity index (χ1n) is 11.2. The van der Waals surface area contributed by atoms with Crippen molar-refractivity contribution in [1.29, 1.82) is 0 Å². The van der Waals surface area contributed by atoms with Gasteiger partial charge in [0.15, 0.2) is 5.82 Å². The number of carbonyl (C=O) groups is 2. The van der Waals surface area contributed by atoms with Gasteiger partial charge >= 0.3 is 6.03 Å². The summed E-state index contributed by atoms with van der Waals surface area (Å²) in [6.45, 7) is 2.97. The normalized spacial score (nSPS) is 15.7. The van der Waals surface area contributed by atoms with E-state index in [2.05, 4.69) is 27.5 Å². The third kappa shape index (κ3) is 4.11. The van der Waals surface area contributed by atoms with Crippen LogP contribution in [0.1, 0.15) is 24.5 Å². The van der Waals surface area contributed by atoms with Crippen molar-refractivity contribution in [3.05, 3.63) is 78.0 Å². The number of rotatable bonds is 7. The quantitative estimate of drug-likeness (QED) is 0.611. The van der Waals surface area contributed by atoms with Crippen LogP contribution in [0.15, 0.2) is 71.9 Å². The number of hydrogen-bond donors (Lipinski definition) is 1. The number of anilines is 1. The van der Waals surface area contributed by atoms with Gasteiger partial charge in [-0.1, -0.05) is 48.5 Å². The number of para-hydroxylation sites is 1. The third-order valence-electron chi connectivity index (χ3n) is 5.96. The van der Waals surface area contributed by atoms with Crippen LogP contribution in [0.4, 0.5) is 10.6 Å². The van der Waals surface area contributed by atoms with Crippen molar-refractivity contribution in [3.8, 4) is 5.69 Å². The van der Waals surface area contributed by atoms with E-state index in [1.165, 1.54) is 10.5 Å². The number of nitrogens with one attached hydrogen (secondary N) is 1. The second kappa shape index (κ2) is 8.90. The number of carbonyl (C=O) groups excluding carboxylic acids is 2. The maximum atomic E-state index is 13.3. The molecular formula is C25H26N6O2. The van der Waals surface area contributed by atoms with Gasteiger partial charge in [-0.15, -0.1) is 0 Å². The number of urea groups is 1. The van der Waals surface area contributed by atoms with Crippen molar-refractivity contribution in [2.45, 2.75) is 25.8 Å². The number of fused-ring (bicyclic) bond motifs is 3. The highest BCUT2D eigenvalue weighted by molar-refractivity contribution is 6.20. The SMILES string of the molecule is C[C@@H](CCc1ccccc1)NC(=O)CN1C(=O)N2CCN=C2c2cnn(-c3ccccc3)c21. The number of amidine groups is 1. The molecule has 2 aliphatic heterocycles. The van der Waals surface area contributed by atoms with Gasteiger partial charge in [0.25, 0.3) is 0 Å². The lowest BCUT2D eigenvalue weighted by Crippen LogP contribution is -2.53. The van der Waals surface area contributed by atoms with Gasteiger partial charge in [-0.3, -0.25) is 19.6 Å². The topological polar surface area (TPSA) is 82.8 Å². The lowest BCUT2D eigenvalue weighted by molar-refractivity contribution is -0.120. The molecule has 3 heterocycles. The van der Waals surface area contributed by atoms with Gasteiger partial charge in [0.2, 0.25) is 5.91 Å². The fraction of sp³-hybridized carbons (Fsp3) is 0.280. The number of aliphatic imine (C=N–C) groups is 1. The Morgan fingerprint density at radius 3 is 2.58 bits per heavy atom. The molecule has 0 spiro atoms. The first-order chi connectivity index (χ1) is 16.1. The number of hydrogen-bond acceptors (Lipinski definition) is 4. The number of amides is 3. The van der Waals surface area contributed by atoms with E-state index < -0.39 is 0 Å². The van der Waals surface area contributed by atoms with E-state index in [1.807, 2.05) is 55.5 Å². The van der Waals surface area contributed by atoms with Gasteiger partial charge in [-0.05, 0) is 37.5 Å². The Morgan fingerprint density at radius 2 is 1.82 bits per heavy atom. The van der Waals surface area contributed by atoms with Crippen molar-refractivity contribution < 1.29 is 9.59 Å². The van der Waals surface area contributed by atoms with Gasteiger partial charge in [-0.2, -0.15) is 5.10 Å². The summed E-state index contributed by atoms with van der Waals surface area (Å²) in [6, 6.07) is 19.5. The zero-order chi connectivity index (χ0) is 22.8. The Labute approximate surface area is 192 Å². The minimum Gasteiger partial charge on any atom is -0.352 e. The number of aromatic nitrogens is 2. The Hall–Kier alpha value is -3.94. The van der Waals surface area contributed by atoms with Crippen molar-refractivity contribution in [3.63, 3.8) is 0 Å². The van der Waals surface area contributed by atoms with Gasteiger partial charge in [0.05, 0.1) is 24.0 Å². The summed E-state index contributed by atoms with van der Waals surface area (Å²) in [4.78, 5) is 34.0. The zero-order valence-electron chi connectivity index (χ0n) is 18.5. The van der Waals surface area contributed by atoms with E-state index in [0.29, 0.717) is 24.7 Å². The second-order valence-electron chi connectivity index (χ2n) is 8.35. The molecule has 2 aliphatic rings. The molecule has 1 atom stereocenters. The number of nitrogens with zero attached hydrogens (tertiary/aromatic N) is 5. The Bertz CT molecular complexity index is 1190. The van der Waals surface area contributed by atoms with Crippen LogP contribution in [-0.2, 0) is 11.2 Å². The Morgan fingerprint density at radius 1 is 1.09 bits per heavy atom. The van der Waals surface area contributed by atoms with Gasteiger partial charge < -0.3 is 5.32 Å². The predicted octanol–water partition coefficient (Wildman–Crippen LogP) is 3.01. The van der Waals surface area contributed by atoms with Gasteiger partial charge in [-0.25, -0.2) is 9.48 Å². The summed E-state index contributed by atoms with van der Waals surface area (Å²) in [5.74, 6) is 1.01. The molecule has 8 nitrogen and oxygen atoms in total. The fourth-order valence-corrected chi connectivity index (χ4v) is 4.32. The van der Waals surface area contributed by atoms with Crippen molar-refractivity contribution in [2.24, 2.45) is 4.99 Å². The lowest BCUT2D eigenvalue weighted by atomic mass is 10.1. The molecule has 3 aromatic rings. The molecule has 0 bridgehead atoms. The Balaban J connectivity index is 1.35. The van der Waals surface area contributed by atoms with E-state index in [-0.39, 0.29) is 24.5 Å². The molecule has 5 rings (SSSR count). The smallest absolute Gasteiger partial charge is 0.331 e. The van der Waals surface area contributed by atoms with Crippen molar-refractivity contribution >= 4 is 23.6 Å². The van der Waals surface area contributed by atoms with Crippen LogP contribution in [0.3, 0.4) is 0 Å². The van der Waals surface area contributed by atoms with E-state index in [9.17, 15) is 9.59 Å². The van der Waals surface area contributed by atoms with Crippen LogP contribution in [0.2, 0.25) is 0 Å². The summed E-state index contributed by atoms with van der Waals surface area (Å²) < 4.78 is 1.71. The molecule has 1 aromatic heterocycles. The van der Waals surface area contributed by atoms with Gasteiger partial charge in [0, 0.05) is 12.6 Å². The average Bonchev–Trinajstić information content (AvgIpc) is 3.49. The molecule has 0 saturated heterocycles. The molecule has 0 radical (unpaired) electrons. The third-order valence-corrected chi connectivity index (χ3v) is 5.96. The second-order valence-corrected chi connectivity index (χ2v) is 8.35. The maximum absolute atomic E-state index is 13.3. The summed E-state index contributed by atoms with van der Waals surface area (Å²) in [7, 11) is 0. The largest absolute Gasteiger partial charge is 0.352 e. The molecule has 168 valence electrons. The molecular weight excluding hydrogens is 416 g/mol. The molecule has 0 fully saturated rings.